The van der Waals surface area contributed by atoms with Crippen LogP contribution >= 0.6 is 15.9 Å². The number of carbonyl (C=O) groups is 1. The molecule has 0 aliphatic carbocycles. The summed E-state index contributed by atoms with van der Waals surface area (Å²) < 4.78 is 13.1. The minimum absolute atomic E-state index is 0.00801. The zero-order valence-corrected chi connectivity index (χ0v) is 9.38. The van der Waals surface area contributed by atoms with Gasteiger partial charge in [-0.1, -0.05) is 15.9 Å². The molecule has 0 aromatic heterocycles. The van der Waals surface area contributed by atoms with E-state index in [2.05, 4.69) is 15.9 Å². The van der Waals surface area contributed by atoms with Crippen LogP contribution in [0.25, 0.3) is 0 Å². The molecule has 0 N–H and O–H groups in total. The normalized spacial score (nSPS) is 10.1. The summed E-state index contributed by atoms with van der Waals surface area (Å²) in [4.78, 5) is 21.3. The molecule has 0 heterocycles. The predicted octanol–water partition coefficient (Wildman–Crippen LogP) is 2.62. The summed E-state index contributed by atoms with van der Waals surface area (Å²) in [5, 5.41) is 10.5. The van der Waals surface area contributed by atoms with E-state index in [1.165, 1.54) is 6.92 Å². The van der Waals surface area contributed by atoms with E-state index in [1.54, 1.807) is 0 Å². The molecule has 4 nitrogen and oxygen atoms in total. The maximum Gasteiger partial charge on any atom is 0.280 e. The first-order chi connectivity index (χ1) is 6.99. The molecule has 0 bridgehead atoms. The van der Waals surface area contributed by atoms with Crippen LogP contribution in [0.3, 0.4) is 0 Å². The minimum Gasteiger partial charge on any atom is -0.293 e. The predicted molar refractivity (Wildman–Crippen MR) is 55.9 cm³/mol. The Morgan fingerprint density at radius 1 is 1.60 bits per heavy atom. The van der Waals surface area contributed by atoms with Crippen molar-refractivity contribution in [2.75, 3.05) is 5.33 Å². The van der Waals surface area contributed by atoms with Gasteiger partial charge < -0.3 is 0 Å². The van der Waals surface area contributed by atoms with Crippen LogP contribution in [0.15, 0.2) is 12.1 Å². The van der Waals surface area contributed by atoms with E-state index in [0.29, 0.717) is 0 Å². The van der Waals surface area contributed by atoms with Crippen LogP contribution in [-0.4, -0.2) is 16.0 Å². The molecular weight excluding hydrogens is 269 g/mol. The van der Waals surface area contributed by atoms with E-state index < -0.39 is 16.5 Å². The summed E-state index contributed by atoms with van der Waals surface area (Å²) >= 11 is 2.90. The topological polar surface area (TPSA) is 60.2 Å². The third kappa shape index (κ3) is 2.20. The van der Waals surface area contributed by atoms with Crippen molar-refractivity contribution in [2.24, 2.45) is 0 Å². The first-order valence-electron chi connectivity index (χ1n) is 4.01. The number of halogens is 2. The third-order valence-electron chi connectivity index (χ3n) is 1.97. The number of carbonyl (C=O) groups excluding carboxylic acids is 1. The number of rotatable bonds is 3. The Kier molecular flexibility index (Phi) is 3.52. The van der Waals surface area contributed by atoms with Gasteiger partial charge in [0.25, 0.3) is 5.69 Å². The van der Waals surface area contributed by atoms with E-state index in [9.17, 15) is 19.3 Å². The summed E-state index contributed by atoms with van der Waals surface area (Å²) in [5.74, 6) is -1.12. The van der Waals surface area contributed by atoms with Crippen molar-refractivity contribution in [3.8, 4) is 0 Å². The van der Waals surface area contributed by atoms with Gasteiger partial charge in [0.1, 0.15) is 11.4 Å². The Bertz CT molecular complexity index is 434. The Balaban J connectivity index is 3.48. The van der Waals surface area contributed by atoms with Crippen molar-refractivity contribution in [3.05, 3.63) is 39.2 Å². The number of hydrogen-bond acceptors (Lipinski definition) is 3. The fourth-order valence-electron chi connectivity index (χ4n) is 1.24. The number of hydrogen-bond donors (Lipinski definition) is 0. The molecule has 0 saturated carbocycles. The Hall–Kier alpha value is -1.30. The van der Waals surface area contributed by atoms with Crippen LogP contribution < -0.4 is 0 Å². The quantitative estimate of drug-likeness (QED) is 0.369. The van der Waals surface area contributed by atoms with Crippen LogP contribution in [-0.2, 0) is 0 Å². The van der Waals surface area contributed by atoms with Gasteiger partial charge >= 0.3 is 0 Å². The second-order valence-electron chi connectivity index (χ2n) is 2.88. The van der Waals surface area contributed by atoms with Crippen LogP contribution in [0.1, 0.15) is 15.9 Å². The number of benzene rings is 1. The van der Waals surface area contributed by atoms with Gasteiger partial charge in [-0.3, -0.25) is 14.9 Å². The van der Waals surface area contributed by atoms with Crippen molar-refractivity contribution in [2.45, 2.75) is 6.92 Å². The average molecular weight is 276 g/mol. The van der Waals surface area contributed by atoms with Crippen molar-refractivity contribution in [1.82, 2.24) is 0 Å². The number of alkyl halides is 1. The average Bonchev–Trinajstić information content (AvgIpc) is 2.20. The summed E-state index contributed by atoms with van der Waals surface area (Å²) in [7, 11) is 0. The van der Waals surface area contributed by atoms with E-state index >= 15 is 0 Å². The van der Waals surface area contributed by atoms with Crippen LogP contribution in [0.2, 0.25) is 0 Å². The lowest BCUT2D eigenvalue weighted by Gasteiger charge is -2.04. The maximum absolute atomic E-state index is 13.1. The van der Waals surface area contributed by atoms with E-state index in [1.807, 2.05) is 0 Å². The molecule has 80 valence electrons. The van der Waals surface area contributed by atoms with Crippen molar-refractivity contribution >= 4 is 27.4 Å². The molecule has 1 rings (SSSR count). The fraction of sp³-hybridized carbons (Fsp3) is 0.222. The standard InChI is InChI=1S/C9H7BrFNO3/c1-5-6(11)2-3-7(12(14)15)9(5)8(13)4-10/h2-3H,4H2,1H3. The van der Waals surface area contributed by atoms with Gasteiger partial charge in [-0.05, 0) is 13.0 Å². The smallest absolute Gasteiger partial charge is 0.280 e. The third-order valence-corrected chi connectivity index (χ3v) is 2.48. The zero-order valence-electron chi connectivity index (χ0n) is 7.79. The Morgan fingerprint density at radius 2 is 2.20 bits per heavy atom. The van der Waals surface area contributed by atoms with Crippen LogP contribution in [0, 0.1) is 22.9 Å². The van der Waals surface area contributed by atoms with Crippen LogP contribution in [0.5, 0.6) is 0 Å². The molecule has 0 saturated heterocycles. The molecule has 1 aromatic rings. The molecule has 0 aliphatic rings. The number of nitro groups is 1. The lowest BCUT2D eigenvalue weighted by Crippen LogP contribution is -2.08. The molecule has 0 aliphatic heterocycles. The van der Waals surface area contributed by atoms with Crippen molar-refractivity contribution in [3.63, 3.8) is 0 Å². The molecule has 0 amide bonds. The highest BCUT2D eigenvalue weighted by Gasteiger charge is 2.23. The van der Waals surface area contributed by atoms with Gasteiger partial charge in [-0.2, -0.15) is 0 Å². The number of nitrogens with zero attached hydrogens (tertiary/aromatic N) is 1. The highest BCUT2D eigenvalue weighted by molar-refractivity contribution is 9.09. The number of ketones is 1. The van der Waals surface area contributed by atoms with Crippen molar-refractivity contribution < 1.29 is 14.1 Å². The largest absolute Gasteiger partial charge is 0.293 e. The lowest BCUT2D eigenvalue weighted by molar-refractivity contribution is -0.385. The van der Waals surface area contributed by atoms with Gasteiger partial charge in [0.2, 0.25) is 0 Å². The summed E-state index contributed by atoms with van der Waals surface area (Å²) in [5.41, 5.74) is -0.524. The fourth-order valence-corrected chi connectivity index (χ4v) is 1.52. The molecule has 0 unspecified atom stereocenters. The van der Waals surface area contributed by atoms with Gasteiger partial charge in [0, 0.05) is 11.6 Å². The molecule has 0 atom stereocenters. The highest BCUT2D eigenvalue weighted by atomic mass is 79.9. The first-order valence-corrected chi connectivity index (χ1v) is 5.13. The zero-order chi connectivity index (χ0) is 11.6. The molecule has 1 aromatic carbocycles. The minimum atomic E-state index is -0.692. The van der Waals surface area contributed by atoms with Gasteiger partial charge in [-0.15, -0.1) is 0 Å². The van der Waals surface area contributed by atoms with Crippen LogP contribution in [0.4, 0.5) is 10.1 Å². The SMILES string of the molecule is Cc1c(F)ccc([N+](=O)[O-])c1C(=O)CBr. The van der Waals surface area contributed by atoms with E-state index in [0.717, 1.165) is 12.1 Å². The van der Waals surface area contributed by atoms with E-state index in [-0.39, 0.29) is 22.1 Å². The van der Waals surface area contributed by atoms with Gasteiger partial charge in [0.15, 0.2) is 5.78 Å². The first kappa shape index (κ1) is 11.8. The second-order valence-corrected chi connectivity index (χ2v) is 3.44. The van der Waals surface area contributed by atoms with Gasteiger partial charge in [0.05, 0.1) is 10.3 Å². The lowest BCUT2D eigenvalue weighted by atomic mass is 10.0. The van der Waals surface area contributed by atoms with E-state index in [4.69, 9.17) is 0 Å². The molecule has 15 heavy (non-hydrogen) atoms. The Morgan fingerprint density at radius 3 is 2.67 bits per heavy atom. The summed E-state index contributed by atoms with van der Waals surface area (Å²) in [6, 6.07) is 1.98. The number of nitro benzene ring substituents is 1. The number of Topliss-reactive ketones (excluding diaryl/α,β-unsaturated/α-hetero) is 1. The highest BCUT2D eigenvalue weighted by Crippen LogP contribution is 2.25. The summed E-state index contributed by atoms with van der Waals surface area (Å²) in [6.45, 7) is 1.35. The maximum atomic E-state index is 13.1. The molecule has 0 radical (unpaired) electrons. The molecule has 0 fully saturated rings. The molecule has 0 spiro atoms. The monoisotopic (exact) mass is 275 g/mol. The molecule has 6 heteroatoms. The second kappa shape index (κ2) is 4.48. The summed E-state index contributed by atoms with van der Waals surface area (Å²) in [6.07, 6.45) is 0. The van der Waals surface area contributed by atoms with Crippen molar-refractivity contribution in [1.29, 1.82) is 0 Å². The Labute approximate surface area is 93.4 Å². The van der Waals surface area contributed by atoms with Gasteiger partial charge in [-0.25, -0.2) is 4.39 Å². The molecular formula is C9H7BrFNO3.